The van der Waals surface area contributed by atoms with Gasteiger partial charge in [-0.15, -0.1) is 0 Å². The second-order valence-electron chi connectivity index (χ2n) is 10.2. The number of nitrogens with zero attached hydrogens (tertiary/aromatic N) is 6. The number of piperazine rings is 1. The summed E-state index contributed by atoms with van der Waals surface area (Å²) in [5, 5.41) is 14.7. The van der Waals surface area contributed by atoms with Crippen LogP contribution in [0.1, 0.15) is 37.4 Å². The highest BCUT2D eigenvalue weighted by Gasteiger charge is 2.34. The first-order valence-electron chi connectivity index (χ1n) is 13.0. The molecule has 0 saturated carbocycles. The Balaban J connectivity index is 1.29. The van der Waals surface area contributed by atoms with E-state index in [9.17, 15) is 9.50 Å². The van der Waals surface area contributed by atoms with Gasteiger partial charge in [0.2, 0.25) is 5.95 Å². The summed E-state index contributed by atoms with van der Waals surface area (Å²) in [5.74, 6) is 0.494. The maximum absolute atomic E-state index is 14.8. The molecule has 4 heterocycles. The van der Waals surface area contributed by atoms with E-state index >= 15 is 0 Å². The van der Waals surface area contributed by atoms with E-state index in [1.54, 1.807) is 4.57 Å². The Bertz CT molecular complexity index is 1430. The van der Waals surface area contributed by atoms with Crippen LogP contribution in [0.5, 0.6) is 0 Å². The van der Waals surface area contributed by atoms with Crippen molar-refractivity contribution in [2.24, 2.45) is 0 Å². The van der Waals surface area contributed by atoms with Crippen LogP contribution in [-0.4, -0.2) is 62.8 Å². The van der Waals surface area contributed by atoms with Gasteiger partial charge in [0.1, 0.15) is 11.4 Å². The van der Waals surface area contributed by atoms with E-state index < -0.39 is 11.4 Å². The van der Waals surface area contributed by atoms with E-state index in [0.29, 0.717) is 41.3 Å². The summed E-state index contributed by atoms with van der Waals surface area (Å²) in [4.78, 5) is 18.5. The second-order valence-corrected chi connectivity index (χ2v) is 10.2. The van der Waals surface area contributed by atoms with E-state index in [1.165, 1.54) is 18.1 Å². The Morgan fingerprint density at radius 3 is 2.59 bits per heavy atom. The summed E-state index contributed by atoms with van der Waals surface area (Å²) < 4.78 is 16.5. The summed E-state index contributed by atoms with van der Waals surface area (Å²) >= 11 is 0. The molecule has 9 heteroatoms. The molecule has 1 atom stereocenters. The Morgan fingerprint density at radius 2 is 1.84 bits per heavy atom. The molecule has 1 aliphatic heterocycles. The van der Waals surface area contributed by atoms with Crippen molar-refractivity contribution in [3.63, 3.8) is 0 Å². The molecule has 1 aromatic carbocycles. The standard InChI is InChI=1S/C28H32FN7O/c1-3-28(37)12-4-5-19-6-11-24(32-25(19)28)36-18-23(29)22-17-30-27(33-26(22)36)31-20-7-9-21(10-8-20)35-15-13-34(2)14-16-35/h6-11,17-18,37H,3-5,12-16H2,1-2H3,(H,30,31,33). The molecule has 1 unspecified atom stereocenters. The van der Waals surface area contributed by atoms with Crippen LogP contribution in [0.4, 0.5) is 21.7 Å². The summed E-state index contributed by atoms with van der Waals surface area (Å²) in [6.45, 7) is 6.11. The maximum atomic E-state index is 14.8. The minimum absolute atomic E-state index is 0.321. The molecule has 0 radical (unpaired) electrons. The highest BCUT2D eigenvalue weighted by atomic mass is 19.1. The van der Waals surface area contributed by atoms with Gasteiger partial charge in [-0.1, -0.05) is 13.0 Å². The summed E-state index contributed by atoms with van der Waals surface area (Å²) in [5.41, 5.74) is 3.25. The number of hydrogen-bond acceptors (Lipinski definition) is 7. The predicted octanol–water partition coefficient (Wildman–Crippen LogP) is 4.38. The molecule has 37 heavy (non-hydrogen) atoms. The lowest BCUT2D eigenvalue weighted by Crippen LogP contribution is -2.44. The highest BCUT2D eigenvalue weighted by Crippen LogP contribution is 2.37. The zero-order valence-corrected chi connectivity index (χ0v) is 21.3. The third-order valence-electron chi connectivity index (χ3n) is 7.76. The van der Waals surface area contributed by atoms with Crippen molar-refractivity contribution in [1.29, 1.82) is 0 Å². The number of rotatable bonds is 5. The molecule has 0 spiro atoms. The van der Waals surface area contributed by atoms with Crippen LogP contribution >= 0.6 is 0 Å². The fraction of sp³-hybridized carbons (Fsp3) is 0.393. The molecule has 0 bridgehead atoms. The van der Waals surface area contributed by atoms with Gasteiger partial charge >= 0.3 is 0 Å². The van der Waals surface area contributed by atoms with Gasteiger partial charge in [-0.05, 0) is 68.6 Å². The highest BCUT2D eigenvalue weighted by molar-refractivity contribution is 5.79. The lowest BCUT2D eigenvalue weighted by atomic mass is 9.81. The molecule has 0 amide bonds. The summed E-state index contributed by atoms with van der Waals surface area (Å²) in [6, 6.07) is 12.1. The molecule has 192 valence electrons. The van der Waals surface area contributed by atoms with Crippen molar-refractivity contribution >= 4 is 28.4 Å². The summed E-state index contributed by atoms with van der Waals surface area (Å²) in [7, 11) is 2.15. The predicted molar refractivity (Wildman–Crippen MR) is 143 cm³/mol. The fourth-order valence-corrected chi connectivity index (χ4v) is 5.40. The zero-order chi connectivity index (χ0) is 25.6. The van der Waals surface area contributed by atoms with E-state index in [-0.39, 0.29) is 0 Å². The van der Waals surface area contributed by atoms with Crippen molar-refractivity contribution < 1.29 is 9.50 Å². The molecular formula is C28H32FN7O. The maximum Gasteiger partial charge on any atom is 0.229 e. The van der Waals surface area contributed by atoms with Crippen LogP contribution in [0.3, 0.4) is 0 Å². The van der Waals surface area contributed by atoms with Gasteiger partial charge in [-0.2, -0.15) is 4.98 Å². The smallest absolute Gasteiger partial charge is 0.229 e. The average Bonchev–Trinajstić information content (AvgIpc) is 3.25. The number of nitrogens with one attached hydrogen (secondary N) is 1. The molecule has 2 N–H and O–H groups in total. The Kier molecular flexibility index (Phi) is 6.04. The molecule has 8 nitrogen and oxygen atoms in total. The molecule has 4 aromatic rings. The number of anilines is 3. The van der Waals surface area contributed by atoms with Gasteiger partial charge in [0, 0.05) is 49.9 Å². The molecule has 2 aliphatic rings. The van der Waals surface area contributed by atoms with Crippen molar-refractivity contribution in [3.8, 4) is 5.82 Å². The molecule has 1 aliphatic carbocycles. The van der Waals surface area contributed by atoms with E-state index in [2.05, 4.69) is 44.3 Å². The number of halogens is 1. The van der Waals surface area contributed by atoms with E-state index in [0.717, 1.165) is 50.3 Å². The Morgan fingerprint density at radius 1 is 1.05 bits per heavy atom. The first-order valence-corrected chi connectivity index (χ1v) is 13.0. The van der Waals surface area contributed by atoms with Crippen LogP contribution in [0, 0.1) is 5.82 Å². The third-order valence-corrected chi connectivity index (χ3v) is 7.76. The van der Waals surface area contributed by atoms with Gasteiger partial charge in [0.25, 0.3) is 0 Å². The van der Waals surface area contributed by atoms with Crippen LogP contribution in [0.2, 0.25) is 0 Å². The van der Waals surface area contributed by atoms with Gasteiger partial charge < -0.3 is 20.2 Å². The SMILES string of the molecule is CCC1(O)CCCc2ccc(-n3cc(F)c4cnc(Nc5ccc(N6CCN(C)CC6)cc5)nc43)nc21. The first-order chi connectivity index (χ1) is 17.9. The largest absolute Gasteiger partial charge is 0.384 e. The monoisotopic (exact) mass is 501 g/mol. The van der Waals surface area contributed by atoms with E-state index in [1.807, 2.05) is 31.2 Å². The number of fused-ring (bicyclic) bond motifs is 2. The Hall–Kier alpha value is -3.56. The molecule has 3 aromatic heterocycles. The van der Waals surface area contributed by atoms with Crippen molar-refractivity contribution in [2.75, 3.05) is 43.4 Å². The quantitative estimate of drug-likeness (QED) is 0.420. The van der Waals surface area contributed by atoms with Gasteiger partial charge in [0.15, 0.2) is 11.5 Å². The number of aromatic nitrogens is 4. The zero-order valence-electron chi connectivity index (χ0n) is 21.3. The van der Waals surface area contributed by atoms with Gasteiger partial charge in [0.05, 0.1) is 11.1 Å². The molecular weight excluding hydrogens is 469 g/mol. The number of likely N-dealkylation sites (N-methyl/N-ethyl adjacent to an activating group) is 1. The normalized spacial score (nSPS) is 20.3. The van der Waals surface area contributed by atoms with Crippen LogP contribution in [0.15, 0.2) is 48.8 Å². The fourth-order valence-electron chi connectivity index (χ4n) is 5.40. The molecule has 1 saturated heterocycles. The first kappa shape index (κ1) is 23.8. The second kappa shape index (κ2) is 9.39. The van der Waals surface area contributed by atoms with Gasteiger partial charge in [-0.3, -0.25) is 4.57 Å². The summed E-state index contributed by atoms with van der Waals surface area (Å²) in [6.07, 6.45) is 5.96. The third kappa shape index (κ3) is 4.42. The lowest BCUT2D eigenvalue weighted by molar-refractivity contribution is 0.0103. The number of hydrogen-bond donors (Lipinski definition) is 2. The lowest BCUT2D eigenvalue weighted by Gasteiger charge is -2.34. The number of aryl methyl sites for hydroxylation is 1. The number of benzene rings is 1. The molecule has 6 rings (SSSR count). The molecule has 1 fully saturated rings. The topological polar surface area (TPSA) is 82.3 Å². The van der Waals surface area contributed by atoms with Crippen molar-refractivity contribution in [3.05, 3.63) is 65.9 Å². The van der Waals surface area contributed by atoms with Crippen LogP contribution in [-0.2, 0) is 12.0 Å². The Labute approximate surface area is 215 Å². The number of aliphatic hydroxyl groups is 1. The van der Waals surface area contributed by atoms with Gasteiger partial charge in [-0.25, -0.2) is 14.4 Å². The minimum atomic E-state index is -0.955. The number of pyridine rings is 1. The van der Waals surface area contributed by atoms with Crippen molar-refractivity contribution in [1.82, 2.24) is 24.4 Å². The minimum Gasteiger partial charge on any atom is -0.384 e. The average molecular weight is 502 g/mol. The van der Waals surface area contributed by atoms with Crippen LogP contribution < -0.4 is 10.2 Å². The van der Waals surface area contributed by atoms with Crippen LogP contribution in [0.25, 0.3) is 16.9 Å². The van der Waals surface area contributed by atoms with E-state index in [4.69, 9.17) is 4.98 Å². The van der Waals surface area contributed by atoms with Crippen molar-refractivity contribution in [2.45, 2.75) is 38.2 Å².